The number of hydrogen-bond acceptors (Lipinski definition) is 5. The summed E-state index contributed by atoms with van der Waals surface area (Å²) in [6.45, 7) is -0.355. The van der Waals surface area contributed by atoms with Crippen molar-refractivity contribution in [1.29, 1.82) is 0 Å². The third-order valence-electron chi connectivity index (χ3n) is 4.47. The molecule has 0 saturated carbocycles. The Labute approximate surface area is 151 Å². The highest BCUT2D eigenvalue weighted by Gasteiger charge is 2.44. The number of rotatable bonds is 4. The monoisotopic (exact) mass is 385 g/mol. The lowest BCUT2D eigenvalue weighted by atomic mass is 9.78. The molecule has 2 atom stereocenters. The third-order valence-corrected chi connectivity index (χ3v) is 4.47. The lowest BCUT2D eigenvalue weighted by Crippen LogP contribution is -2.32. The van der Waals surface area contributed by atoms with E-state index in [1.807, 2.05) is 0 Å². The molecule has 2 aliphatic heterocycles. The highest BCUT2D eigenvalue weighted by Crippen LogP contribution is 2.44. The SMILES string of the molecule is COC(=O)C1=C(CF)NC2=C(C(=O)OC2)[C@H]1c1cc(F)cc(F)c1C(C)F. The van der Waals surface area contributed by atoms with Crippen molar-refractivity contribution < 1.29 is 36.6 Å². The average molecular weight is 385 g/mol. The molecular weight excluding hydrogens is 370 g/mol. The van der Waals surface area contributed by atoms with Gasteiger partial charge in [-0.15, -0.1) is 0 Å². The van der Waals surface area contributed by atoms with Gasteiger partial charge in [-0.3, -0.25) is 0 Å². The number of alkyl halides is 2. The van der Waals surface area contributed by atoms with E-state index in [1.165, 1.54) is 0 Å². The summed E-state index contributed by atoms with van der Waals surface area (Å²) in [5.41, 5.74) is -1.45. The lowest BCUT2D eigenvalue weighted by molar-refractivity contribution is -0.136. The molecule has 0 spiro atoms. The normalized spacial score (nSPS) is 20.2. The summed E-state index contributed by atoms with van der Waals surface area (Å²) < 4.78 is 65.6. The zero-order valence-corrected chi connectivity index (χ0v) is 14.4. The fourth-order valence-corrected chi connectivity index (χ4v) is 3.41. The zero-order chi connectivity index (χ0) is 19.9. The van der Waals surface area contributed by atoms with Crippen LogP contribution in [-0.4, -0.2) is 32.3 Å². The molecule has 1 unspecified atom stereocenters. The Kier molecular flexibility index (Phi) is 4.95. The first-order valence-corrected chi connectivity index (χ1v) is 7.97. The van der Waals surface area contributed by atoms with E-state index < -0.39 is 47.9 Å². The third kappa shape index (κ3) is 3.07. The second kappa shape index (κ2) is 7.05. The Morgan fingerprint density at radius 1 is 1.41 bits per heavy atom. The van der Waals surface area contributed by atoms with Crippen molar-refractivity contribution in [3.8, 4) is 0 Å². The van der Waals surface area contributed by atoms with E-state index in [-0.39, 0.29) is 34.7 Å². The molecule has 1 aromatic rings. The second-order valence-electron chi connectivity index (χ2n) is 6.05. The summed E-state index contributed by atoms with van der Waals surface area (Å²) in [6.07, 6.45) is -1.88. The number of allylic oxidation sites excluding steroid dienone is 1. The first-order valence-electron chi connectivity index (χ1n) is 7.97. The van der Waals surface area contributed by atoms with Crippen LogP contribution < -0.4 is 5.32 Å². The molecule has 0 aliphatic carbocycles. The zero-order valence-electron chi connectivity index (χ0n) is 14.4. The Balaban J connectivity index is 2.35. The molecule has 144 valence electrons. The number of methoxy groups -OCH3 is 1. The van der Waals surface area contributed by atoms with Crippen molar-refractivity contribution in [1.82, 2.24) is 5.32 Å². The lowest BCUT2D eigenvalue weighted by Gasteiger charge is -2.29. The molecule has 1 aromatic carbocycles. The molecule has 0 amide bonds. The molecule has 2 heterocycles. The average Bonchev–Trinajstić information content (AvgIpc) is 2.99. The minimum absolute atomic E-state index is 0.139. The van der Waals surface area contributed by atoms with Crippen LogP contribution in [0.5, 0.6) is 0 Å². The van der Waals surface area contributed by atoms with Gasteiger partial charge in [-0.05, 0) is 18.6 Å². The van der Waals surface area contributed by atoms with Crippen molar-refractivity contribution in [2.24, 2.45) is 0 Å². The smallest absolute Gasteiger partial charge is 0.337 e. The van der Waals surface area contributed by atoms with Crippen LogP contribution in [-0.2, 0) is 19.1 Å². The van der Waals surface area contributed by atoms with Gasteiger partial charge in [0.2, 0.25) is 0 Å². The fraction of sp³-hybridized carbons (Fsp3) is 0.333. The van der Waals surface area contributed by atoms with Crippen molar-refractivity contribution in [2.75, 3.05) is 20.4 Å². The molecule has 27 heavy (non-hydrogen) atoms. The van der Waals surface area contributed by atoms with Gasteiger partial charge >= 0.3 is 11.9 Å². The van der Waals surface area contributed by atoms with Crippen LogP contribution in [0.1, 0.15) is 30.1 Å². The molecular formula is C18H15F4NO4. The minimum Gasteiger partial charge on any atom is -0.466 e. The Hall–Kier alpha value is -2.84. The van der Waals surface area contributed by atoms with E-state index in [0.29, 0.717) is 6.07 Å². The number of hydrogen-bond donors (Lipinski definition) is 1. The molecule has 0 saturated heterocycles. The summed E-state index contributed by atoms with van der Waals surface area (Å²) >= 11 is 0. The first kappa shape index (κ1) is 18.9. The summed E-state index contributed by atoms with van der Waals surface area (Å²) in [5, 5.41) is 2.59. The molecule has 5 nitrogen and oxygen atoms in total. The number of esters is 2. The maximum Gasteiger partial charge on any atom is 0.337 e. The molecule has 0 fully saturated rings. The van der Waals surface area contributed by atoms with Gasteiger partial charge in [-0.25, -0.2) is 27.2 Å². The summed E-state index contributed by atoms with van der Waals surface area (Å²) in [7, 11) is 1.03. The van der Waals surface area contributed by atoms with E-state index in [9.17, 15) is 27.2 Å². The van der Waals surface area contributed by atoms with Crippen LogP contribution in [0.4, 0.5) is 17.6 Å². The van der Waals surface area contributed by atoms with E-state index in [1.54, 1.807) is 0 Å². The number of ether oxygens (including phenoxy) is 2. The quantitative estimate of drug-likeness (QED) is 0.638. The minimum atomic E-state index is -1.88. The number of halogens is 4. The molecule has 2 aliphatic rings. The van der Waals surface area contributed by atoms with E-state index >= 15 is 0 Å². The molecule has 0 bridgehead atoms. The second-order valence-corrected chi connectivity index (χ2v) is 6.05. The molecule has 0 radical (unpaired) electrons. The van der Waals surface area contributed by atoms with Gasteiger partial charge in [-0.2, -0.15) is 0 Å². The number of carbonyl (C=O) groups excluding carboxylic acids is 2. The van der Waals surface area contributed by atoms with Crippen LogP contribution in [0.15, 0.2) is 34.7 Å². The van der Waals surface area contributed by atoms with Crippen LogP contribution >= 0.6 is 0 Å². The number of cyclic esters (lactones) is 1. The van der Waals surface area contributed by atoms with Gasteiger partial charge < -0.3 is 14.8 Å². The van der Waals surface area contributed by atoms with Crippen molar-refractivity contribution in [3.63, 3.8) is 0 Å². The topological polar surface area (TPSA) is 64.6 Å². The highest BCUT2D eigenvalue weighted by atomic mass is 19.1. The van der Waals surface area contributed by atoms with E-state index in [0.717, 1.165) is 20.1 Å². The molecule has 3 rings (SSSR count). The molecule has 9 heteroatoms. The van der Waals surface area contributed by atoms with Crippen molar-refractivity contribution >= 4 is 11.9 Å². The van der Waals surface area contributed by atoms with Crippen molar-refractivity contribution in [3.05, 3.63) is 57.4 Å². The maximum atomic E-state index is 14.3. The van der Waals surface area contributed by atoms with Crippen LogP contribution in [0.3, 0.4) is 0 Å². The number of benzene rings is 1. The van der Waals surface area contributed by atoms with E-state index in [2.05, 4.69) is 10.1 Å². The van der Waals surface area contributed by atoms with Gasteiger partial charge in [0.1, 0.15) is 31.1 Å². The van der Waals surface area contributed by atoms with Gasteiger partial charge in [0.05, 0.1) is 35.6 Å². The number of carbonyl (C=O) groups is 2. The van der Waals surface area contributed by atoms with Crippen LogP contribution in [0.25, 0.3) is 0 Å². The van der Waals surface area contributed by atoms with Gasteiger partial charge in [0, 0.05) is 11.6 Å². The summed E-state index contributed by atoms with van der Waals surface area (Å²) in [6, 6.07) is 1.31. The summed E-state index contributed by atoms with van der Waals surface area (Å²) in [5.74, 6) is -5.53. The van der Waals surface area contributed by atoms with Crippen LogP contribution in [0, 0.1) is 11.6 Å². The standard InChI is InChI=1S/C18H15F4NO4/c1-7(20)13-9(3-8(21)4-10(13)22)14-15(17(24)26-2)11(5-19)23-12-6-27-18(25)16(12)14/h3-4,7,14,23H,5-6H2,1-2H3/t7?,14-/m0/s1. The Morgan fingerprint density at radius 2 is 2.11 bits per heavy atom. The van der Waals surface area contributed by atoms with Gasteiger partial charge in [0.15, 0.2) is 0 Å². The predicted octanol–water partition coefficient (Wildman–Crippen LogP) is 2.89. The maximum absolute atomic E-state index is 14.3. The molecule has 0 aromatic heterocycles. The highest BCUT2D eigenvalue weighted by molar-refractivity contribution is 6.01. The van der Waals surface area contributed by atoms with Crippen LogP contribution in [0.2, 0.25) is 0 Å². The fourth-order valence-electron chi connectivity index (χ4n) is 3.41. The van der Waals surface area contributed by atoms with Gasteiger partial charge in [-0.1, -0.05) is 0 Å². The Morgan fingerprint density at radius 3 is 2.70 bits per heavy atom. The van der Waals surface area contributed by atoms with Gasteiger partial charge in [0.25, 0.3) is 0 Å². The Bertz CT molecular complexity index is 892. The van der Waals surface area contributed by atoms with Crippen molar-refractivity contribution in [2.45, 2.75) is 19.0 Å². The first-order chi connectivity index (χ1) is 12.8. The molecule has 1 N–H and O–H groups in total. The number of nitrogens with one attached hydrogen (secondary N) is 1. The summed E-state index contributed by atoms with van der Waals surface area (Å²) in [4.78, 5) is 24.5. The largest absolute Gasteiger partial charge is 0.466 e. The van der Waals surface area contributed by atoms with E-state index in [4.69, 9.17) is 4.74 Å². The predicted molar refractivity (Wildman–Crippen MR) is 84.8 cm³/mol. The number of dihydropyridines is 1.